The number of carbonyl (C=O) groups excluding carboxylic acids is 2. The third-order valence-electron chi connectivity index (χ3n) is 5.85. The molecule has 0 aromatic heterocycles. The molecule has 5 rings (SSSR count). The smallest absolute Gasteiger partial charge is 0.150 e. The molecule has 5 aromatic rings. The first-order valence-corrected chi connectivity index (χ1v) is 10.3. The molecule has 0 bridgehead atoms. The summed E-state index contributed by atoms with van der Waals surface area (Å²) in [6.45, 7) is 2.10. The zero-order chi connectivity index (χ0) is 21.4. The van der Waals surface area contributed by atoms with Gasteiger partial charge in [-0.2, -0.15) is 0 Å². The van der Waals surface area contributed by atoms with Gasteiger partial charge in [0.05, 0.1) is 0 Å². The Bertz CT molecular complexity index is 1440. The summed E-state index contributed by atoms with van der Waals surface area (Å²) in [6, 6.07) is 30.5. The second kappa shape index (κ2) is 7.66. The molecule has 148 valence electrons. The Morgan fingerprint density at radius 2 is 1.00 bits per heavy atom. The zero-order valence-corrected chi connectivity index (χ0v) is 17.1. The van der Waals surface area contributed by atoms with Gasteiger partial charge in [0.25, 0.3) is 0 Å². The molecule has 0 aliphatic heterocycles. The van der Waals surface area contributed by atoms with Gasteiger partial charge in [0, 0.05) is 11.1 Å². The van der Waals surface area contributed by atoms with Crippen molar-refractivity contribution in [1.82, 2.24) is 0 Å². The van der Waals surface area contributed by atoms with Crippen molar-refractivity contribution in [1.29, 1.82) is 0 Å². The van der Waals surface area contributed by atoms with Crippen molar-refractivity contribution in [2.24, 2.45) is 0 Å². The summed E-state index contributed by atoms with van der Waals surface area (Å²) in [5.41, 5.74) is 6.87. The summed E-state index contributed by atoms with van der Waals surface area (Å²) >= 11 is 0. The topological polar surface area (TPSA) is 34.1 Å². The van der Waals surface area contributed by atoms with Crippen LogP contribution in [0.1, 0.15) is 26.3 Å². The molecule has 0 atom stereocenters. The molecule has 0 unspecified atom stereocenters. The Kier molecular flexibility index (Phi) is 4.68. The second-order valence-electron chi connectivity index (χ2n) is 7.82. The summed E-state index contributed by atoms with van der Waals surface area (Å²) in [7, 11) is 0. The third kappa shape index (κ3) is 3.23. The molecule has 0 fully saturated rings. The van der Waals surface area contributed by atoms with Crippen molar-refractivity contribution in [2.45, 2.75) is 6.92 Å². The Morgan fingerprint density at radius 3 is 1.55 bits per heavy atom. The Morgan fingerprint density at radius 1 is 0.516 bits per heavy atom. The molecule has 2 heteroatoms. The van der Waals surface area contributed by atoms with Crippen molar-refractivity contribution in [2.75, 3.05) is 0 Å². The van der Waals surface area contributed by atoms with Crippen LogP contribution in [0.25, 0.3) is 43.8 Å². The summed E-state index contributed by atoms with van der Waals surface area (Å²) in [5, 5.41) is 4.73. The standard InChI is InChI=1S/C29H20O2/c1-19-6-15-25-24-4-2-3-5-26(24)28(22-11-7-20(17-30)8-12-22)29(27(25)16-19)23-13-9-21(18-31)10-14-23/h2-18H,1H3. The van der Waals surface area contributed by atoms with Gasteiger partial charge in [-0.3, -0.25) is 9.59 Å². The van der Waals surface area contributed by atoms with E-state index in [4.69, 9.17) is 0 Å². The maximum atomic E-state index is 11.2. The van der Waals surface area contributed by atoms with E-state index in [1.165, 1.54) is 21.7 Å². The molecule has 0 heterocycles. The number of aryl methyl sites for hydroxylation is 1. The Labute approximate surface area is 180 Å². The van der Waals surface area contributed by atoms with E-state index in [-0.39, 0.29) is 0 Å². The lowest BCUT2D eigenvalue weighted by molar-refractivity contribution is 0.111. The average Bonchev–Trinajstić information content (AvgIpc) is 2.83. The van der Waals surface area contributed by atoms with Crippen molar-refractivity contribution in [3.05, 3.63) is 108 Å². The van der Waals surface area contributed by atoms with Gasteiger partial charge in [0.2, 0.25) is 0 Å². The van der Waals surface area contributed by atoms with E-state index in [0.717, 1.165) is 40.2 Å². The van der Waals surface area contributed by atoms with Crippen LogP contribution in [0.3, 0.4) is 0 Å². The molecule has 0 spiro atoms. The minimum Gasteiger partial charge on any atom is -0.298 e. The predicted octanol–water partition coefficient (Wildman–Crippen LogP) is 7.26. The molecular weight excluding hydrogens is 380 g/mol. The van der Waals surface area contributed by atoms with E-state index in [9.17, 15) is 9.59 Å². The lowest BCUT2D eigenvalue weighted by atomic mass is 9.84. The van der Waals surface area contributed by atoms with E-state index in [0.29, 0.717) is 11.1 Å². The highest BCUT2D eigenvalue weighted by atomic mass is 16.1. The molecule has 0 amide bonds. The quantitative estimate of drug-likeness (QED) is 0.235. The molecule has 0 aliphatic carbocycles. The van der Waals surface area contributed by atoms with Crippen LogP contribution >= 0.6 is 0 Å². The first kappa shape index (κ1) is 19.0. The molecule has 0 saturated heterocycles. The van der Waals surface area contributed by atoms with Gasteiger partial charge in [-0.15, -0.1) is 0 Å². The van der Waals surface area contributed by atoms with Crippen LogP contribution in [0, 0.1) is 6.92 Å². The molecule has 0 aliphatic rings. The summed E-state index contributed by atoms with van der Waals surface area (Å²) in [6.07, 6.45) is 1.73. The molecule has 0 radical (unpaired) electrons. The molecule has 2 nitrogen and oxygen atoms in total. The van der Waals surface area contributed by atoms with Gasteiger partial charge in [-0.25, -0.2) is 0 Å². The summed E-state index contributed by atoms with van der Waals surface area (Å²) in [5.74, 6) is 0. The normalized spacial score (nSPS) is 11.0. The first-order chi connectivity index (χ1) is 15.2. The number of rotatable bonds is 4. The van der Waals surface area contributed by atoms with Crippen molar-refractivity contribution >= 4 is 34.1 Å². The van der Waals surface area contributed by atoms with Gasteiger partial charge in [-0.05, 0) is 50.7 Å². The highest BCUT2D eigenvalue weighted by Crippen LogP contribution is 2.44. The van der Waals surface area contributed by atoms with E-state index in [1.54, 1.807) is 0 Å². The van der Waals surface area contributed by atoms with Crippen molar-refractivity contribution < 1.29 is 9.59 Å². The van der Waals surface area contributed by atoms with Crippen LogP contribution in [0.5, 0.6) is 0 Å². The largest absolute Gasteiger partial charge is 0.298 e. The van der Waals surface area contributed by atoms with Crippen LogP contribution in [-0.2, 0) is 0 Å². The monoisotopic (exact) mass is 400 g/mol. The summed E-state index contributed by atoms with van der Waals surface area (Å²) in [4.78, 5) is 22.4. The highest BCUT2D eigenvalue weighted by Gasteiger charge is 2.17. The first-order valence-electron chi connectivity index (χ1n) is 10.3. The van der Waals surface area contributed by atoms with Gasteiger partial charge in [0.1, 0.15) is 12.6 Å². The Balaban J connectivity index is 1.97. The number of fused-ring (bicyclic) bond motifs is 3. The second-order valence-corrected chi connectivity index (χ2v) is 7.82. The van der Waals surface area contributed by atoms with Crippen LogP contribution in [0.2, 0.25) is 0 Å². The lowest BCUT2D eigenvalue weighted by Gasteiger charge is -2.19. The predicted molar refractivity (Wildman–Crippen MR) is 128 cm³/mol. The van der Waals surface area contributed by atoms with Gasteiger partial charge >= 0.3 is 0 Å². The molecular formula is C29H20O2. The maximum Gasteiger partial charge on any atom is 0.150 e. The number of carbonyl (C=O) groups is 2. The molecule has 0 N–H and O–H groups in total. The van der Waals surface area contributed by atoms with Gasteiger partial charge in [0.15, 0.2) is 0 Å². The van der Waals surface area contributed by atoms with E-state index in [2.05, 4.69) is 49.4 Å². The maximum absolute atomic E-state index is 11.2. The fourth-order valence-corrected chi connectivity index (χ4v) is 4.36. The SMILES string of the molecule is Cc1ccc2c(c1)c(-c1ccc(C=O)cc1)c(-c1ccc(C=O)cc1)c1ccccc12. The zero-order valence-electron chi connectivity index (χ0n) is 17.1. The van der Waals surface area contributed by atoms with Crippen LogP contribution < -0.4 is 0 Å². The van der Waals surface area contributed by atoms with Crippen molar-refractivity contribution in [3.63, 3.8) is 0 Å². The minimum atomic E-state index is 0.654. The lowest BCUT2D eigenvalue weighted by Crippen LogP contribution is -1.93. The fourth-order valence-electron chi connectivity index (χ4n) is 4.36. The van der Waals surface area contributed by atoms with E-state index in [1.807, 2.05) is 48.5 Å². The molecule has 5 aromatic carbocycles. The fraction of sp³-hybridized carbons (Fsp3) is 0.0345. The third-order valence-corrected chi connectivity index (χ3v) is 5.85. The van der Waals surface area contributed by atoms with Crippen LogP contribution in [-0.4, -0.2) is 12.6 Å². The Hall–Kier alpha value is -4.04. The van der Waals surface area contributed by atoms with E-state index < -0.39 is 0 Å². The van der Waals surface area contributed by atoms with Crippen LogP contribution in [0.4, 0.5) is 0 Å². The number of hydrogen-bond donors (Lipinski definition) is 0. The van der Waals surface area contributed by atoms with Gasteiger partial charge in [-0.1, -0.05) is 96.6 Å². The number of benzene rings is 5. The average molecular weight is 400 g/mol. The van der Waals surface area contributed by atoms with Crippen molar-refractivity contribution in [3.8, 4) is 22.3 Å². The number of aldehydes is 2. The minimum absolute atomic E-state index is 0.654. The van der Waals surface area contributed by atoms with E-state index >= 15 is 0 Å². The highest BCUT2D eigenvalue weighted by molar-refractivity contribution is 6.21. The summed E-state index contributed by atoms with van der Waals surface area (Å²) < 4.78 is 0. The van der Waals surface area contributed by atoms with Crippen LogP contribution in [0.15, 0.2) is 91.0 Å². The number of hydrogen-bond acceptors (Lipinski definition) is 2. The molecule has 31 heavy (non-hydrogen) atoms. The van der Waals surface area contributed by atoms with Gasteiger partial charge < -0.3 is 0 Å². The molecule has 0 saturated carbocycles.